The summed E-state index contributed by atoms with van der Waals surface area (Å²) >= 11 is 0. The first-order valence-electron chi connectivity index (χ1n) is 16.0. The van der Waals surface area contributed by atoms with Crippen molar-refractivity contribution in [2.24, 2.45) is 0 Å². The van der Waals surface area contributed by atoms with Crippen LogP contribution >= 0.6 is 0 Å². The molecule has 46 heavy (non-hydrogen) atoms. The zero-order valence-electron chi connectivity index (χ0n) is 25.4. The number of piperidine rings is 1. The Morgan fingerprint density at radius 2 is 1.70 bits per heavy atom. The Labute approximate surface area is 265 Å². The molecule has 6 aromatic rings. The first-order chi connectivity index (χ1) is 22.7. The topological polar surface area (TPSA) is 117 Å². The van der Waals surface area contributed by atoms with Crippen molar-refractivity contribution < 1.29 is 13.9 Å². The molecule has 2 aliphatic rings. The van der Waals surface area contributed by atoms with Crippen molar-refractivity contribution in [3.8, 4) is 45.1 Å². The number of aromatic amines is 2. The van der Waals surface area contributed by atoms with E-state index in [1.54, 1.807) is 12.4 Å². The fourth-order valence-corrected chi connectivity index (χ4v) is 6.52. The highest BCUT2D eigenvalue weighted by Gasteiger charge is 2.18. The summed E-state index contributed by atoms with van der Waals surface area (Å²) in [5.41, 5.74) is 6.24. The molecular weight excluding hydrogens is 583 g/mol. The quantitative estimate of drug-likeness (QED) is 0.181. The van der Waals surface area contributed by atoms with Gasteiger partial charge in [0.2, 0.25) is 0 Å². The number of nitrogens with one attached hydrogen (secondary N) is 3. The van der Waals surface area contributed by atoms with Crippen molar-refractivity contribution in [1.82, 2.24) is 40.3 Å². The van der Waals surface area contributed by atoms with E-state index >= 15 is 0 Å². The first kappa shape index (κ1) is 28.6. The maximum absolute atomic E-state index is 14.8. The number of H-pyrrole nitrogens is 2. The van der Waals surface area contributed by atoms with Crippen molar-refractivity contribution >= 4 is 22.1 Å². The lowest BCUT2D eigenvalue weighted by Gasteiger charge is -2.23. The van der Waals surface area contributed by atoms with Crippen LogP contribution in [0.5, 0.6) is 11.5 Å². The molecule has 0 amide bonds. The molecule has 3 N–H and O–H groups in total. The summed E-state index contributed by atoms with van der Waals surface area (Å²) in [5.74, 6) is 0.932. The Bertz CT molecular complexity index is 1990. The van der Waals surface area contributed by atoms with E-state index in [1.807, 2.05) is 36.7 Å². The van der Waals surface area contributed by atoms with Gasteiger partial charge >= 0.3 is 0 Å². The van der Waals surface area contributed by atoms with E-state index in [9.17, 15) is 4.39 Å². The van der Waals surface area contributed by atoms with E-state index in [-0.39, 0.29) is 11.9 Å². The SMILES string of the molecule is Fc1cc(OCCN2CCCC2)cc(-c2ccnc3[nH]c(-c4n[nH]c5ncc(-c6cncc(OC7CCNCC7)c6)cc45)cc23)c1. The lowest BCUT2D eigenvalue weighted by molar-refractivity contribution is 0.162. The summed E-state index contributed by atoms with van der Waals surface area (Å²) in [5, 5.41) is 12.8. The van der Waals surface area contributed by atoms with Crippen LogP contribution in [0.3, 0.4) is 0 Å². The number of halogens is 1. The molecule has 2 fully saturated rings. The number of nitrogens with zero attached hydrogens (tertiary/aromatic N) is 5. The number of rotatable bonds is 9. The van der Waals surface area contributed by atoms with Crippen molar-refractivity contribution in [2.75, 3.05) is 39.3 Å². The van der Waals surface area contributed by atoms with E-state index < -0.39 is 0 Å². The van der Waals surface area contributed by atoms with Crippen LogP contribution in [-0.2, 0) is 0 Å². The van der Waals surface area contributed by atoms with Crippen LogP contribution in [0.1, 0.15) is 25.7 Å². The minimum absolute atomic E-state index is 0.186. The second-order valence-electron chi connectivity index (χ2n) is 12.0. The van der Waals surface area contributed by atoms with Crippen LogP contribution in [0.2, 0.25) is 0 Å². The summed E-state index contributed by atoms with van der Waals surface area (Å²) < 4.78 is 27.0. The van der Waals surface area contributed by atoms with Crippen LogP contribution in [0.25, 0.3) is 55.7 Å². The highest BCUT2D eigenvalue weighted by Crippen LogP contribution is 2.36. The third-order valence-electron chi connectivity index (χ3n) is 8.90. The molecule has 1 aromatic carbocycles. The summed E-state index contributed by atoms with van der Waals surface area (Å²) in [6, 6.07) is 12.9. The molecule has 2 aliphatic heterocycles. The zero-order chi connectivity index (χ0) is 30.9. The molecule has 0 saturated carbocycles. The largest absolute Gasteiger partial charge is 0.492 e. The standard InChI is InChI=1S/C35H35FN8O2/c36-25-13-22(14-27(17-25)45-12-11-44-9-1-2-10-44)29-5-8-39-34-30(29)18-32(41-34)33-31-16-24(20-40-35(31)43-42-33)23-15-28(21-38-19-23)46-26-3-6-37-7-4-26/h5,8,13-21,26,37H,1-4,6-7,9-12H2,(H,39,41)(H,40,42,43). The Kier molecular flexibility index (Phi) is 7.77. The highest BCUT2D eigenvalue weighted by molar-refractivity contribution is 5.99. The summed E-state index contributed by atoms with van der Waals surface area (Å²) in [6.45, 7) is 5.49. The summed E-state index contributed by atoms with van der Waals surface area (Å²) in [7, 11) is 0. The third kappa shape index (κ3) is 5.91. The molecule has 0 bridgehead atoms. The Morgan fingerprint density at radius 1 is 0.848 bits per heavy atom. The number of benzene rings is 1. The van der Waals surface area contributed by atoms with Gasteiger partial charge in [0.15, 0.2) is 5.65 Å². The van der Waals surface area contributed by atoms with E-state index in [2.05, 4.69) is 46.4 Å². The fourth-order valence-electron chi connectivity index (χ4n) is 6.52. The second kappa shape index (κ2) is 12.5. The molecule has 11 heteroatoms. The second-order valence-corrected chi connectivity index (χ2v) is 12.0. The molecule has 0 spiro atoms. The molecule has 7 heterocycles. The number of hydrogen-bond acceptors (Lipinski definition) is 8. The molecule has 0 unspecified atom stereocenters. The van der Waals surface area contributed by atoms with Crippen molar-refractivity contribution in [3.63, 3.8) is 0 Å². The van der Waals surface area contributed by atoms with Gasteiger partial charge in [-0.15, -0.1) is 0 Å². The van der Waals surface area contributed by atoms with Gasteiger partial charge in [-0.25, -0.2) is 14.4 Å². The molecule has 234 valence electrons. The first-order valence-corrected chi connectivity index (χ1v) is 16.0. The van der Waals surface area contributed by atoms with E-state index in [0.717, 1.165) is 90.0 Å². The van der Waals surface area contributed by atoms with Gasteiger partial charge in [0, 0.05) is 53.1 Å². The van der Waals surface area contributed by atoms with Gasteiger partial charge < -0.3 is 19.8 Å². The van der Waals surface area contributed by atoms with Crippen molar-refractivity contribution in [3.05, 3.63) is 73.1 Å². The van der Waals surface area contributed by atoms with Gasteiger partial charge in [0.1, 0.15) is 41.4 Å². The number of likely N-dealkylation sites (tertiary alicyclic amines) is 1. The van der Waals surface area contributed by atoms with Gasteiger partial charge in [-0.05, 0) is 99.4 Å². The lowest BCUT2D eigenvalue weighted by Crippen LogP contribution is -2.34. The lowest BCUT2D eigenvalue weighted by atomic mass is 10.0. The molecule has 0 radical (unpaired) electrons. The van der Waals surface area contributed by atoms with Crippen LogP contribution in [0.15, 0.2) is 67.3 Å². The van der Waals surface area contributed by atoms with Gasteiger partial charge in [-0.3, -0.25) is 15.0 Å². The van der Waals surface area contributed by atoms with E-state index in [4.69, 9.17) is 9.47 Å². The predicted molar refractivity (Wildman–Crippen MR) is 175 cm³/mol. The highest BCUT2D eigenvalue weighted by atomic mass is 19.1. The number of aromatic nitrogens is 6. The molecule has 8 rings (SSSR count). The smallest absolute Gasteiger partial charge is 0.155 e. The molecule has 0 aliphatic carbocycles. The Morgan fingerprint density at radius 3 is 2.59 bits per heavy atom. The minimum atomic E-state index is -0.342. The summed E-state index contributed by atoms with van der Waals surface area (Å²) in [4.78, 5) is 19.5. The van der Waals surface area contributed by atoms with E-state index in [1.165, 1.54) is 25.0 Å². The van der Waals surface area contributed by atoms with Gasteiger partial charge in [0.25, 0.3) is 0 Å². The van der Waals surface area contributed by atoms with Gasteiger partial charge in [-0.2, -0.15) is 5.10 Å². The maximum Gasteiger partial charge on any atom is 0.155 e. The van der Waals surface area contributed by atoms with Crippen molar-refractivity contribution in [1.29, 1.82) is 0 Å². The van der Waals surface area contributed by atoms with Gasteiger partial charge in [0.05, 0.1) is 11.9 Å². The van der Waals surface area contributed by atoms with Crippen LogP contribution in [-0.4, -0.2) is 80.5 Å². The van der Waals surface area contributed by atoms with Crippen LogP contribution in [0.4, 0.5) is 4.39 Å². The van der Waals surface area contributed by atoms with Gasteiger partial charge in [-0.1, -0.05) is 0 Å². The Balaban J connectivity index is 1.08. The average molecular weight is 619 g/mol. The average Bonchev–Trinajstić information content (AvgIpc) is 3.85. The molecule has 0 atom stereocenters. The molecule has 2 saturated heterocycles. The number of fused-ring (bicyclic) bond motifs is 2. The molecule has 10 nitrogen and oxygen atoms in total. The van der Waals surface area contributed by atoms with Crippen LogP contribution in [0, 0.1) is 5.82 Å². The third-order valence-corrected chi connectivity index (χ3v) is 8.90. The molecule has 5 aromatic heterocycles. The number of ether oxygens (including phenoxy) is 2. The number of hydrogen-bond donors (Lipinski definition) is 3. The zero-order valence-corrected chi connectivity index (χ0v) is 25.4. The maximum atomic E-state index is 14.8. The van der Waals surface area contributed by atoms with Crippen molar-refractivity contribution in [2.45, 2.75) is 31.8 Å². The Hall–Kier alpha value is -4.87. The fraction of sp³-hybridized carbons (Fsp3) is 0.314. The summed E-state index contributed by atoms with van der Waals surface area (Å²) in [6.07, 6.45) is 11.7. The predicted octanol–water partition coefficient (Wildman–Crippen LogP) is 5.97. The normalized spacial score (nSPS) is 16.0. The van der Waals surface area contributed by atoms with Crippen LogP contribution < -0.4 is 14.8 Å². The monoisotopic (exact) mass is 618 g/mol. The molecular formula is C35H35FN8O2. The van der Waals surface area contributed by atoms with E-state index in [0.29, 0.717) is 29.3 Å². The minimum Gasteiger partial charge on any atom is -0.492 e. The number of pyridine rings is 3.